The van der Waals surface area contributed by atoms with E-state index in [4.69, 9.17) is 0 Å². The topological polar surface area (TPSA) is 42.0 Å². The minimum absolute atomic E-state index is 0.0278. The van der Waals surface area contributed by atoms with Crippen molar-refractivity contribution in [3.8, 4) is 0 Å². The first-order valence-corrected chi connectivity index (χ1v) is 6.26. The lowest BCUT2D eigenvalue weighted by Gasteiger charge is -2.05. The summed E-state index contributed by atoms with van der Waals surface area (Å²) in [5.74, 6) is -0.0278. The van der Waals surface area contributed by atoms with E-state index < -0.39 is 0 Å². The summed E-state index contributed by atoms with van der Waals surface area (Å²) in [6, 6.07) is 11.4. The van der Waals surface area contributed by atoms with Crippen LogP contribution in [0.1, 0.15) is 5.56 Å². The summed E-state index contributed by atoms with van der Waals surface area (Å²) in [5, 5.41) is 2.86. The minimum Gasteiger partial charge on any atom is -0.326 e. The van der Waals surface area contributed by atoms with E-state index in [1.165, 1.54) is 0 Å². The zero-order valence-electron chi connectivity index (χ0n) is 9.06. The van der Waals surface area contributed by atoms with Crippen LogP contribution in [0.3, 0.4) is 0 Å². The van der Waals surface area contributed by atoms with Gasteiger partial charge in [0, 0.05) is 21.7 Å². The molecule has 0 saturated heterocycles. The lowest BCUT2D eigenvalue weighted by Crippen LogP contribution is -2.14. The summed E-state index contributed by atoms with van der Waals surface area (Å²) >= 11 is 2.21. The van der Waals surface area contributed by atoms with Gasteiger partial charge in [-0.05, 0) is 52.4 Å². The lowest BCUT2D eigenvalue weighted by atomic mass is 10.2. The van der Waals surface area contributed by atoms with Gasteiger partial charge in [0.15, 0.2) is 0 Å². The van der Waals surface area contributed by atoms with Gasteiger partial charge in [-0.3, -0.25) is 9.78 Å². The molecule has 1 N–H and O–H groups in total. The molecule has 1 aromatic heterocycles. The van der Waals surface area contributed by atoms with Crippen LogP contribution in [0.15, 0.2) is 48.8 Å². The van der Waals surface area contributed by atoms with Crippen LogP contribution in [0, 0.1) is 3.57 Å². The summed E-state index contributed by atoms with van der Waals surface area (Å²) in [4.78, 5) is 15.7. The highest BCUT2D eigenvalue weighted by atomic mass is 127. The highest BCUT2D eigenvalue weighted by molar-refractivity contribution is 14.1. The molecule has 0 aliphatic heterocycles. The van der Waals surface area contributed by atoms with E-state index in [1.807, 2.05) is 36.4 Å². The Labute approximate surface area is 113 Å². The van der Waals surface area contributed by atoms with Crippen molar-refractivity contribution >= 4 is 34.2 Å². The van der Waals surface area contributed by atoms with Crippen molar-refractivity contribution in [3.05, 3.63) is 57.9 Å². The number of aromatic nitrogens is 1. The summed E-state index contributed by atoms with van der Waals surface area (Å²) < 4.78 is 1.10. The van der Waals surface area contributed by atoms with Crippen LogP contribution in [0.2, 0.25) is 0 Å². The second kappa shape index (κ2) is 5.77. The minimum atomic E-state index is -0.0278. The molecule has 2 aromatic rings. The van der Waals surface area contributed by atoms with Gasteiger partial charge in [-0.25, -0.2) is 0 Å². The smallest absolute Gasteiger partial charge is 0.228 e. The molecule has 1 heterocycles. The number of hydrogen-bond acceptors (Lipinski definition) is 2. The number of pyridine rings is 1. The molecule has 0 radical (unpaired) electrons. The van der Waals surface area contributed by atoms with Gasteiger partial charge in [0.25, 0.3) is 0 Å². The van der Waals surface area contributed by atoms with Crippen molar-refractivity contribution in [2.75, 3.05) is 5.32 Å². The van der Waals surface area contributed by atoms with E-state index in [0.29, 0.717) is 6.42 Å². The van der Waals surface area contributed by atoms with Crippen molar-refractivity contribution < 1.29 is 4.79 Å². The van der Waals surface area contributed by atoms with Gasteiger partial charge in [0.1, 0.15) is 0 Å². The number of rotatable bonds is 3. The molecule has 2 rings (SSSR count). The van der Waals surface area contributed by atoms with Crippen molar-refractivity contribution in [3.63, 3.8) is 0 Å². The zero-order valence-corrected chi connectivity index (χ0v) is 11.2. The molecule has 0 spiro atoms. The number of carbonyl (C=O) groups is 1. The Morgan fingerprint density at radius 3 is 2.88 bits per heavy atom. The Kier molecular flexibility index (Phi) is 4.08. The lowest BCUT2D eigenvalue weighted by molar-refractivity contribution is -0.115. The molecule has 3 nitrogen and oxygen atoms in total. The SMILES string of the molecule is O=C(Cc1cccnc1)Nc1cccc(I)c1. The van der Waals surface area contributed by atoms with Crippen molar-refractivity contribution in [2.45, 2.75) is 6.42 Å². The molecular weight excluding hydrogens is 327 g/mol. The molecule has 0 bridgehead atoms. The number of anilines is 1. The second-order valence-electron chi connectivity index (χ2n) is 3.60. The highest BCUT2D eigenvalue weighted by Crippen LogP contribution is 2.12. The van der Waals surface area contributed by atoms with E-state index in [0.717, 1.165) is 14.8 Å². The molecule has 17 heavy (non-hydrogen) atoms. The van der Waals surface area contributed by atoms with Gasteiger partial charge in [0.2, 0.25) is 5.91 Å². The van der Waals surface area contributed by atoms with Crippen LogP contribution in [0.5, 0.6) is 0 Å². The van der Waals surface area contributed by atoms with Crippen molar-refractivity contribution in [1.29, 1.82) is 0 Å². The number of carbonyl (C=O) groups excluding carboxylic acids is 1. The Hall–Kier alpha value is -1.43. The van der Waals surface area contributed by atoms with Crippen molar-refractivity contribution in [2.24, 2.45) is 0 Å². The summed E-state index contributed by atoms with van der Waals surface area (Å²) in [5.41, 5.74) is 1.74. The van der Waals surface area contributed by atoms with E-state index in [1.54, 1.807) is 12.4 Å². The van der Waals surface area contributed by atoms with Gasteiger partial charge >= 0.3 is 0 Å². The predicted octanol–water partition coefficient (Wildman–Crippen LogP) is 2.87. The number of amides is 1. The third-order valence-corrected chi connectivity index (χ3v) is 2.87. The van der Waals surface area contributed by atoms with Crippen molar-refractivity contribution in [1.82, 2.24) is 4.98 Å². The first kappa shape index (κ1) is 12.0. The average molecular weight is 338 g/mol. The summed E-state index contributed by atoms with van der Waals surface area (Å²) in [6.45, 7) is 0. The quantitative estimate of drug-likeness (QED) is 0.875. The standard InChI is InChI=1S/C13H11IN2O/c14-11-4-1-5-12(8-11)16-13(17)7-10-3-2-6-15-9-10/h1-6,8-9H,7H2,(H,16,17). The largest absolute Gasteiger partial charge is 0.326 e. The number of hydrogen-bond donors (Lipinski definition) is 1. The van der Waals surface area contributed by atoms with E-state index in [-0.39, 0.29) is 5.91 Å². The fraction of sp³-hybridized carbons (Fsp3) is 0.0769. The third-order valence-electron chi connectivity index (χ3n) is 2.20. The molecule has 4 heteroatoms. The molecule has 1 aromatic carbocycles. The first-order valence-electron chi connectivity index (χ1n) is 5.18. The maximum absolute atomic E-state index is 11.8. The molecule has 0 aliphatic carbocycles. The van der Waals surface area contributed by atoms with Gasteiger partial charge in [-0.2, -0.15) is 0 Å². The molecular formula is C13H11IN2O. The van der Waals surface area contributed by atoms with Crippen LogP contribution in [-0.4, -0.2) is 10.9 Å². The van der Waals surface area contributed by atoms with Gasteiger partial charge in [-0.15, -0.1) is 0 Å². The average Bonchev–Trinajstić information content (AvgIpc) is 2.30. The monoisotopic (exact) mass is 338 g/mol. The van der Waals surface area contributed by atoms with E-state index >= 15 is 0 Å². The normalized spacial score (nSPS) is 9.94. The van der Waals surface area contributed by atoms with Crippen LogP contribution in [0.4, 0.5) is 5.69 Å². The summed E-state index contributed by atoms with van der Waals surface area (Å²) in [6.07, 6.45) is 3.74. The van der Waals surface area contributed by atoms with Gasteiger partial charge < -0.3 is 5.32 Å². The molecule has 0 unspecified atom stereocenters. The van der Waals surface area contributed by atoms with Gasteiger partial charge in [0.05, 0.1) is 6.42 Å². The fourth-order valence-corrected chi connectivity index (χ4v) is 2.00. The van der Waals surface area contributed by atoms with E-state index in [2.05, 4.69) is 32.9 Å². The molecule has 0 saturated carbocycles. The molecule has 86 valence electrons. The maximum atomic E-state index is 11.8. The molecule has 0 fully saturated rings. The van der Waals surface area contributed by atoms with Crippen LogP contribution < -0.4 is 5.32 Å². The molecule has 0 atom stereocenters. The fourth-order valence-electron chi connectivity index (χ4n) is 1.46. The molecule has 1 amide bonds. The molecule has 0 aliphatic rings. The Bertz CT molecular complexity index is 514. The Balaban J connectivity index is 1.98. The first-order chi connectivity index (χ1) is 8.24. The Morgan fingerprint density at radius 2 is 2.18 bits per heavy atom. The number of halogens is 1. The number of nitrogens with zero attached hydrogens (tertiary/aromatic N) is 1. The number of nitrogens with one attached hydrogen (secondary N) is 1. The van der Waals surface area contributed by atoms with Crippen LogP contribution in [-0.2, 0) is 11.2 Å². The van der Waals surface area contributed by atoms with Crippen LogP contribution in [0.25, 0.3) is 0 Å². The van der Waals surface area contributed by atoms with Gasteiger partial charge in [-0.1, -0.05) is 12.1 Å². The van der Waals surface area contributed by atoms with E-state index in [9.17, 15) is 4.79 Å². The third kappa shape index (κ3) is 3.81. The maximum Gasteiger partial charge on any atom is 0.228 e. The Morgan fingerprint density at radius 1 is 1.29 bits per heavy atom. The highest BCUT2D eigenvalue weighted by Gasteiger charge is 2.03. The number of benzene rings is 1. The zero-order chi connectivity index (χ0) is 12.1. The summed E-state index contributed by atoms with van der Waals surface area (Å²) in [7, 11) is 0. The second-order valence-corrected chi connectivity index (χ2v) is 4.84. The predicted molar refractivity (Wildman–Crippen MR) is 75.7 cm³/mol. The van der Waals surface area contributed by atoms with Crippen LogP contribution >= 0.6 is 22.6 Å².